The van der Waals surface area contributed by atoms with Gasteiger partial charge in [-0.3, -0.25) is 9.69 Å². The van der Waals surface area contributed by atoms with Crippen LogP contribution in [0.4, 0.5) is 14.5 Å². The van der Waals surface area contributed by atoms with Gasteiger partial charge < -0.3 is 9.64 Å². The van der Waals surface area contributed by atoms with Crippen molar-refractivity contribution < 1.29 is 18.3 Å². The number of amides is 1. The smallest absolute Gasteiger partial charge is 0.257 e. The molecule has 0 saturated carbocycles. The number of anilines is 1. The number of para-hydroxylation sites is 1. The number of nitrogens with zero attached hydrogens (tertiary/aromatic N) is 4. The molecule has 0 bridgehead atoms. The lowest BCUT2D eigenvalue weighted by atomic mass is 9.98. The number of hydrazone groups is 1. The largest absolute Gasteiger partial charge is 0.497 e. The minimum absolute atomic E-state index is 0.118. The third kappa shape index (κ3) is 5.09. The number of carbonyl (C=O) groups is 1. The van der Waals surface area contributed by atoms with Crippen LogP contribution in [0.3, 0.4) is 0 Å². The van der Waals surface area contributed by atoms with Crippen molar-refractivity contribution in [3.8, 4) is 5.75 Å². The van der Waals surface area contributed by atoms with Gasteiger partial charge in [-0.2, -0.15) is 5.10 Å². The van der Waals surface area contributed by atoms with Crippen LogP contribution in [-0.2, 0) is 4.79 Å². The Hall–Kier alpha value is -3.78. The zero-order chi connectivity index (χ0) is 25.1. The summed E-state index contributed by atoms with van der Waals surface area (Å²) in [5.74, 6) is 0.0716. The monoisotopic (exact) mass is 490 g/mol. The van der Waals surface area contributed by atoms with Crippen LogP contribution in [0.1, 0.15) is 23.6 Å². The third-order valence-corrected chi connectivity index (χ3v) is 6.77. The number of halogens is 2. The molecule has 2 aliphatic heterocycles. The first kappa shape index (κ1) is 23.9. The number of methoxy groups -OCH3 is 1. The van der Waals surface area contributed by atoms with Gasteiger partial charge in [0.2, 0.25) is 0 Å². The highest BCUT2D eigenvalue weighted by Gasteiger charge is 2.34. The average Bonchev–Trinajstić information content (AvgIpc) is 3.36. The van der Waals surface area contributed by atoms with Gasteiger partial charge >= 0.3 is 0 Å². The number of hydrogen-bond acceptors (Lipinski definition) is 5. The highest BCUT2D eigenvalue weighted by molar-refractivity contribution is 6.03. The van der Waals surface area contributed by atoms with E-state index in [1.807, 2.05) is 35.2 Å². The van der Waals surface area contributed by atoms with E-state index in [9.17, 15) is 13.6 Å². The molecule has 1 saturated heterocycles. The van der Waals surface area contributed by atoms with Gasteiger partial charge in [-0.05, 0) is 59.7 Å². The predicted molar refractivity (Wildman–Crippen MR) is 135 cm³/mol. The molecule has 1 amide bonds. The molecule has 3 aromatic rings. The molecular weight excluding hydrogens is 462 g/mol. The molecule has 6 nitrogen and oxygen atoms in total. The SMILES string of the molecule is COc1ccc(C2=NN(C(=O)CN3CCN(c4ccccc4F)CC3)[C@H](c3ccc(F)cc3)C2)cc1. The van der Waals surface area contributed by atoms with Gasteiger partial charge in [0, 0.05) is 32.6 Å². The van der Waals surface area contributed by atoms with Gasteiger partial charge in [0.15, 0.2) is 0 Å². The quantitative estimate of drug-likeness (QED) is 0.512. The van der Waals surface area contributed by atoms with Crippen LogP contribution in [0.2, 0.25) is 0 Å². The Kier molecular flexibility index (Phi) is 6.95. The molecule has 5 rings (SSSR count). The van der Waals surface area contributed by atoms with Crippen molar-refractivity contribution in [1.82, 2.24) is 9.91 Å². The van der Waals surface area contributed by atoms with E-state index in [0.29, 0.717) is 38.3 Å². The third-order valence-electron chi connectivity index (χ3n) is 6.77. The number of carbonyl (C=O) groups excluding carboxylic acids is 1. The lowest BCUT2D eigenvalue weighted by molar-refractivity contribution is -0.134. The van der Waals surface area contributed by atoms with E-state index >= 15 is 0 Å². The Morgan fingerprint density at radius 3 is 2.31 bits per heavy atom. The van der Waals surface area contributed by atoms with Gasteiger partial charge in [-0.1, -0.05) is 24.3 Å². The van der Waals surface area contributed by atoms with Gasteiger partial charge in [0.05, 0.1) is 31.1 Å². The molecule has 0 aliphatic carbocycles. The summed E-state index contributed by atoms with van der Waals surface area (Å²) < 4.78 is 33.0. The van der Waals surface area contributed by atoms with Gasteiger partial charge in [0.25, 0.3) is 5.91 Å². The Morgan fingerprint density at radius 2 is 1.64 bits per heavy atom. The van der Waals surface area contributed by atoms with Crippen LogP contribution in [0.25, 0.3) is 0 Å². The van der Waals surface area contributed by atoms with Crippen LogP contribution in [0.5, 0.6) is 5.75 Å². The first-order valence-corrected chi connectivity index (χ1v) is 12.0. The first-order valence-electron chi connectivity index (χ1n) is 12.0. The van der Waals surface area contributed by atoms with E-state index in [0.717, 1.165) is 22.6 Å². The summed E-state index contributed by atoms with van der Waals surface area (Å²) in [7, 11) is 1.61. The van der Waals surface area contributed by atoms with E-state index in [4.69, 9.17) is 9.84 Å². The maximum absolute atomic E-state index is 14.2. The number of rotatable bonds is 6. The topological polar surface area (TPSA) is 48.4 Å². The Morgan fingerprint density at radius 1 is 0.944 bits per heavy atom. The van der Waals surface area contributed by atoms with Crippen molar-refractivity contribution in [2.45, 2.75) is 12.5 Å². The summed E-state index contributed by atoms with van der Waals surface area (Å²) in [6, 6.07) is 20.3. The molecule has 2 aliphatic rings. The van der Waals surface area contributed by atoms with Crippen molar-refractivity contribution in [2.24, 2.45) is 5.10 Å². The molecule has 8 heteroatoms. The highest BCUT2D eigenvalue weighted by Crippen LogP contribution is 2.33. The van der Waals surface area contributed by atoms with Crippen molar-refractivity contribution in [1.29, 1.82) is 0 Å². The predicted octanol–water partition coefficient (Wildman–Crippen LogP) is 4.47. The summed E-state index contributed by atoms with van der Waals surface area (Å²) in [5.41, 5.74) is 3.14. The van der Waals surface area contributed by atoms with Crippen molar-refractivity contribution in [3.05, 3.63) is 95.6 Å². The molecule has 36 heavy (non-hydrogen) atoms. The fraction of sp³-hybridized carbons (Fsp3) is 0.286. The Bertz CT molecular complexity index is 1240. The normalized spacial score (nSPS) is 18.3. The molecule has 0 spiro atoms. The number of benzene rings is 3. The second-order valence-corrected chi connectivity index (χ2v) is 9.00. The van der Waals surface area contributed by atoms with E-state index in [1.165, 1.54) is 23.2 Å². The summed E-state index contributed by atoms with van der Waals surface area (Å²) in [6.07, 6.45) is 0.533. The zero-order valence-electron chi connectivity index (χ0n) is 20.1. The standard InChI is InChI=1S/C28H28F2N4O2/c1-36-23-12-8-20(9-13-23)25-18-27(21-6-10-22(29)11-7-21)34(31-25)28(35)19-32-14-16-33(17-15-32)26-5-3-2-4-24(26)30/h2-13,27H,14-19H2,1H3/t27-/m0/s1. The van der Waals surface area contributed by atoms with Crippen LogP contribution < -0.4 is 9.64 Å². The molecule has 0 N–H and O–H groups in total. The number of hydrogen-bond donors (Lipinski definition) is 0. The Balaban J connectivity index is 1.30. The second-order valence-electron chi connectivity index (χ2n) is 9.00. The lowest BCUT2D eigenvalue weighted by Crippen LogP contribution is -2.49. The molecule has 1 fully saturated rings. The molecule has 1 atom stereocenters. The Labute approximate surface area is 209 Å². The highest BCUT2D eigenvalue weighted by atomic mass is 19.1. The van der Waals surface area contributed by atoms with Crippen molar-refractivity contribution in [3.63, 3.8) is 0 Å². The molecule has 0 unspecified atom stereocenters. The van der Waals surface area contributed by atoms with Crippen LogP contribution in [-0.4, -0.2) is 61.4 Å². The summed E-state index contributed by atoms with van der Waals surface area (Å²) in [4.78, 5) is 17.5. The maximum atomic E-state index is 14.2. The van der Waals surface area contributed by atoms with E-state index in [-0.39, 0.29) is 30.1 Å². The summed E-state index contributed by atoms with van der Waals surface area (Å²) in [5, 5.41) is 6.25. The van der Waals surface area contributed by atoms with E-state index in [1.54, 1.807) is 31.4 Å². The summed E-state index contributed by atoms with van der Waals surface area (Å²) in [6.45, 7) is 2.77. The van der Waals surface area contributed by atoms with E-state index in [2.05, 4.69) is 4.90 Å². The minimum atomic E-state index is -0.321. The lowest BCUT2D eigenvalue weighted by Gasteiger charge is -2.36. The number of piperazine rings is 1. The summed E-state index contributed by atoms with van der Waals surface area (Å²) >= 11 is 0. The van der Waals surface area contributed by atoms with Crippen LogP contribution in [0, 0.1) is 11.6 Å². The maximum Gasteiger partial charge on any atom is 0.257 e. The van der Waals surface area contributed by atoms with Crippen molar-refractivity contribution >= 4 is 17.3 Å². The van der Waals surface area contributed by atoms with Gasteiger partial charge in [-0.25, -0.2) is 13.8 Å². The van der Waals surface area contributed by atoms with Crippen molar-refractivity contribution in [2.75, 3.05) is 44.7 Å². The second kappa shape index (κ2) is 10.5. The number of ether oxygens (including phenoxy) is 1. The van der Waals surface area contributed by atoms with E-state index < -0.39 is 0 Å². The molecule has 3 aromatic carbocycles. The van der Waals surface area contributed by atoms with Crippen LogP contribution >= 0.6 is 0 Å². The van der Waals surface area contributed by atoms with Gasteiger partial charge in [0.1, 0.15) is 17.4 Å². The molecular formula is C28H28F2N4O2. The minimum Gasteiger partial charge on any atom is -0.497 e. The fourth-order valence-corrected chi connectivity index (χ4v) is 4.76. The fourth-order valence-electron chi connectivity index (χ4n) is 4.76. The average molecular weight is 491 g/mol. The first-order chi connectivity index (χ1) is 17.5. The zero-order valence-corrected chi connectivity index (χ0v) is 20.1. The molecule has 0 aromatic heterocycles. The molecule has 186 valence electrons. The van der Waals surface area contributed by atoms with Crippen LogP contribution in [0.15, 0.2) is 77.9 Å². The molecule has 2 heterocycles. The molecule has 0 radical (unpaired) electrons. The van der Waals surface area contributed by atoms with Gasteiger partial charge in [-0.15, -0.1) is 0 Å².